The second-order valence-corrected chi connectivity index (χ2v) is 8.45. The zero-order chi connectivity index (χ0) is 18.0. The molecule has 7 heteroatoms. The molecule has 4 nitrogen and oxygen atoms in total. The number of phenols is 1. The molecule has 25 heavy (non-hydrogen) atoms. The Morgan fingerprint density at radius 3 is 2.44 bits per heavy atom. The first-order valence-corrected chi connectivity index (χ1v) is 10.1. The Bertz CT molecular complexity index is 790. The molecule has 3 rings (SSSR count). The van der Waals surface area contributed by atoms with Crippen LogP contribution in [0.3, 0.4) is 0 Å². The van der Waals surface area contributed by atoms with E-state index < -0.39 is 11.6 Å². The van der Waals surface area contributed by atoms with Gasteiger partial charge < -0.3 is 15.2 Å². The lowest BCUT2D eigenvalue weighted by Gasteiger charge is -2.36. The Labute approximate surface area is 172 Å². The fourth-order valence-corrected chi connectivity index (χ4v) is 4.94. The number of halogens is 3. The van der Waals surface area contributed by atoms with Crippen LogP contribution < -0.4 is 5.32 Å². The van der Waals surface area contributed by atoms with Gasteiger partial charge >= 0.3 is 5.97 Å². The van der Waals surface area contributed by atoms with E-state index in [4.69, 9.17) is 4.74 Å². The summed E-state index contributed by atoms with van der Waals surface area (Å²) >= 11 is 4.09. The number of aromatic hydroxyl groups is 1. The van der Waals surface area contributed by atoms with Crippen molar-refractivity contribution >= 4 is 51.2 Å². The van der Waals surface area contributed by atoms with Gasteiger partial charge in [-0.25, -0.2) is 9.18 Å². The Kier molecular flexibility index (Phi) is 5.84. The van der Waals surface area contributed by atoms with E-state index in [1.54, 1.807) is 24.3 Å². The van der Waals surface area contributed by atoms with Crippen LogP contribution in [0.5, 0.6) is 5.75 Å². The molecule has 0 unspecified atom stereocenters. The molecule has 3 N–H and O–H groups in total. The van der Waals surface area contributed by atoms with E-state index in [1.807, 2.05) is 22.6 Å². The summed E-state index contributed by atoms with van der Waals surface area (Å²) in [7, 11) is 0. The van der Waals surface area contributed by atoms with Gasteiger partial charge in [-0.3, -0.25) is 0 Å². The molecule has 0 radical (unpaired) electrons. The number of piperidine rings is 1. The minimum absolute atomic E-state index is 0.0670. The summed E-state index contributed by atoms with van der Waals surface area (Å²) < 4.78 is 20.7. The molecule has 2 aromatic rings. The molecule has 0 bridgehead atoms. The highest BCUT2D eigenvalue weighted by atomic mass is 127. The summed E-state index contributed by atoms with van der Waals surface area (Å²) in [5.41, 5.74) is 0.154. The van der Waals surface area contributed by atoms with Gasteiger partial charge in [0.1, 0.15) is 22.7 Å². The third-order valence-corrected chi connectivity index (χ3v) is 5.86. The molecule has 2 aromatic carbocycles. The van der Waals surface area contributed by atoms with Crippen molar-refractivity contribution < 1.29 is 24.3 Å². The number of quaternary nitrogens is 1. The van der Waals surface area contributed by atoms with Crippen molar-refractivity contribution in [2.45, 2.75) is 18.4 Å². The third kappa shape index (κ3) is 4.08. The molecular formula is C18H17FI2NO3+. The number of phenolic OH excluding ortho intramolecular Hbond substituents is 1. The maximum Gasteiger partial charge on any atom is 0.342 e. The van der Waals surface area contributed by atoms with Crippen LogP contribution in [0.2, 0.25) is 0 Å². The number of ether oxygens (including phenoxy) is 1. The first-order valence-electron chi connectivity index (χ1n) is 7.90. The average Bonchev–Trinajstić information content (AvgIpc) is 2.59. The molecule has 0 spiro atoms. The average molecular weight is 568 g/mol. The van der Waals surface area contributed by atoms with E-state index in [9.17, 15) is 14.3 Å². The second kappa shape index (κ2) is 7.75. The van der Waals surface area contributed by atoms with Gasteiger partial charge in [-0.05, 0) is 75.0 Å². The number of hydrogen-bond acceptors (Lipinski definition) is 3. The molecule has 0 atom stereocenters. The van der Waals surface area contributed by atoms with E-state index in [2.05, 4.69) is 27.9 Å². The van der Waals surface area contributed by atoms with Crippen molar-refractivity contribution in [3.8, 4) is 5.75 Å². The smallest absolute Gasteiger partial charge is 0.342 e. The molecule has 1 saturated heterocycles. The second-order valence-electron chi connectivity index (χ2n) is 6.04. The Morgan fingerprint density at radius 1 is 1.16 bits per heavy atom. The lowest BCUT2D eigenvalue weighted by molar-refractivity contribution is -0.668. The minimum atomic E-state index is -0.793. The summed E-state index contributed by atoms with van der Waals surface area (Å²) in [4.78, 5) is 12.8. The summed E-state index contributed by atoms with van der Waals surface area (Å²) in [6.07, 6.45) is 1.29. The quantitative estimate of drug-likeness (QED) is 0.442. The van der Waals surface area contributed by atoms with Crippen LogP contribution in [0.1, 0.15) is 28.8 Å². The van der Waals surface area contributed by atoms with Crippen LogP contribution in [0.25, 0.3) is 0 Å². The van der Waals surface area contributed by atoms with Crippen molar-refractivity contribution in [2.24, 2.45) is 0 Å². The molecule has 0 aliphatic carbocycles. The van der Waals surface area contributed by atoms with Gasteiger partial charge in [0.2, 0.25) is 0 Å². The van der Waals surface area contributed by atoms with Gasteiger partial charge in [-0.2, -0.15) is 0 Å². The fraction of sp³-hybridized carbons (Fsp3) is 0.278. The van der Waals surface area contributed by atoms with Crippen molar-refractivity contribution in [1.82, 2.24) is 0 Å². The maximum atomic E-state index is 13.3. The standard InChI is InChI=1S/C18H16FI2NO3/c19-12-3-1-11(2-4-12)18(5-7-22-8-6-18)25-17(24)14-9-13(20)10-15(21)16(14)23/h1-4,9-10,22-23H,5-8H2/p+1. The Balaban J connectivity index is 1.96. The number of carbonyl (C=O) groups is 1. The highest BCUT2D eigenvalue weighted by Crippen LogP contribution is 2.36. The molecular weight excluding hydrogens is 551 g/mol. The Hall–Kier alpha value is -0.940. The number of rotatable bonds is 3. The van der Waals surface area contributed by atoms with E-state index >= 15 is 0 Å². The maximum absolute atomic E-state index is 13.3. The van der Waals surface area contributed by atoms with Crippen LogP contribution in [0.4, 0.5) is 4.39 Å². The lowest BCUT2D eigenvalue weighted by atomic mass is 9.84. The normalized spacial score (nSPS) is 16.4. The van der Waals surface area contributed by atoms with Crippen LogP contribution in [-0.2, 0) is 10.3 Å². The van der Waals surface area contributed by atoms with Gasteiger partial charge in [-0.1, -0.05) is 12.1 Å². The van der Waals surface area contributed by atoms with Crippen molar-refractivity contribution in [3.05, 3.63) is 60.5 Å². The van der Waals surface area contributed by atoms with E-state index in [0.29, 0.717) is 16.4 Å². The molecule has 0 amide bonds. The van der Waals surface area contributed by atoms with Gasteiger partial charge in [0.25, 0.3) is 0 Å². The number of carbonyl (C=O) groups excluding carboxylic acids is 1. The summed E-state index contributed by atoms with van der Waals surface area (Å²) in [6, 6.07) is 9.52. The van der Waals surface area contributed by atoms with E-state index in [1.165, 1.54) is 12.1 Å². The van der Waals surface area contributed by atoms with E-state index in [-0.39, 0.29) is 17.1 Å². The SMILES string of the molecule is O=C(OC1(c2ccc(F)cc2)CC[NH2+]CC1)c1cc(I)cc(I)c1O. The van der Waals surface area contributed by atoms with Gasteiger partial charge in [0.15, 0.2) is 0 Å². The zero-order valence-corrected chi connectivity index (χ0v) is 17.6. The summed E-state index contributed by atoms with van der Waals surface area (Å²) in [6.45, 7) is 1.64. The van der Waals surface area contributed by atoms with Crippen molar-refractivity contribution in [3.63, 3.8) is 0 Å². The number of hydrogen-bond donors (Lipinski definition) is 2. The molecule has 1 aliphatic heterocycles. The molecule has 0 saturated carbocycles. The first-order chi connectivity index (χ1) is 11.9. The minimum Gasteiger partial charge on any atom is -0.506 e. The fourth-order valence-electron chi connectivity index (χ4n) is 3.10. The molecule has 0 aromatic heterocycles. The highest BCUT2D eigenvalue weighted by molar-refractivity contribution is 14.1. The summed E-state index contributed by atoms with van der Waals surface area (Å²) in [5.74, 6) is -0.944. The third-order valence-electron chi connectivity index (χ3n) is 4.41. The molecule has 132 valence electrons. The van der Waals surface area contributed by atoms with E-state index in [0.717, 1.165) is 22.2 Å². The van der Waals surface area contributed by atoms with Crippen LogP contribution >= 0.6 is 45.2 Å². The van der Waals surface area contributed by atoms with Crippen molar-refractivity contribution in [1.29, 1.82) is 0 Å². The predicted molar refractivity (Wildman–Crippen MR) is 108 cm³/mol. The Morgan fingerprint density at radius 2 is 1.80 bits per heavy atom. The lowest BCUT2D eigenvalue weighted by Crippen LogP contribution is -2.87. The van der Waals surface area contributed by atoms with Crippen LogP contribution in [-0.4, -0.2) is 24.2 Å². The van der Waals surface area contributed by atoms with Crippen LogP contribution in [0, 0.1) is 13.0 Å². The first kappa shape index (κ1) is 18.8. The number of nitrogens with two attached hydrogens (primary N) is 1. The zero-order valence-electron chi connectivity index (χ0n) is 13.3. The number of esters is 1. The number of benzene rings is 2. The predicted octanol–water partition coefficient (Wildman–Crippen LogP) is 3.15. The highest BCUT2D eigenvalue weighted by Gasteiger charge is 2.40. The van der Waals surface area contributed by atoms with Crippen LogP contribution in [0.15, 0.2) is 36.4 Å². The van der Waals surface area contributed by atoms with Gasteiger partial charge in [-0.15, -0.1) is 0 Å². The van der Waals surface area contributed by atoms with Gasteiger partial charge in [0, 0.05) is 16.4 Å². The largest absolute Gasteiger partial charge is 0.506 e. The van der Waals surface area contributed by atoms with Gasteiger partial charge in [0.05, 0.1) is 16.7 Å². The van der Waals surface area contributed by atoms with Crippen molar-refractivity contribution in [2.75, 3.05) is 13.1 Å². The molecule has 1 heterocycles. The topological polar surface area (TPSA) is 63.1 Å². The summed E-state index contributed by atoms with van der Waals surface area (Å²) in [5, 5.41) is 12.4. The monoisotopic (exact) mass is 568 g/mol. The molecule has 1 fully saturated rings. The molecule has 1 aliphatic rings.